The van der Waals surface area contributed by atoms with E-state index in [-0.39, 0.29) is 40.6 Å². The van der Waals surface area contributed by atoms with E-state index in [9.17, 15) is 71.5 Å². The van der Waals surface area contributed by atoms with Gasteiger partial charge in [-0.3, -0.25) is 0 Å². The quantitative estimate of drug-likeness (QED) is 0.0582. The molecule has 6 rings (SSSR count). The summed E-state index contributed by atoms with van der Waals surface area (Å²) in [5.74, 6) is -2.80. The topological polar surface area (TPSA) is 348 Å². The van der Waals surface area contributed by atoms with E-state index < -0.39 is 129 Å². The predicted molar refractivity (Wildman–Crippen MR) is 175 cm³/mol. The standard InChI is InChI=1S/C34H44O21/c35-8-12-4-19(24(42)27(45)23(12)41)49-17-5-13(38)6-18-14(17)7-20(31(50-18)11-1-2-15(39)16(40)3-11)54-55-34-32(29(47)26(44)22(10-37)52-34)53-33-30(48)28(46)25(43)21(9-36)51-33/h1-3,5-7,12,19,21-48H,4,8-10H2/t12-,19-,21+,22+,23-,24+,25+,26+,27+,28-,29-,30+,31?,32+,33-,34+/m1/s1. The van der Waals surface area contributed by atoms with Crippen LogP contribution in [0.5, 0.6) is 28.7 Å². The Morgan fingerprint density at radius 3 is 1.96 bits per heavy atom. The molecule has 306 valence electrons. The van der Waals surface area contributed by atoms with Gasteiger partial charge in [0, 0.05) is 30.2 Å². The van der Waals surface area contributed by atoms with Crippen LogP contribution in [0.15, 0.2) is 36.1 Å². The molecule has 1 saturated carbocycles. The summed E-state index contributed by atoms with van der Waals surface area (Å²) in [6.07, 6.45) is -24.1. The third-order valence-corrected chi connectivity index (χ3v) is 10.00. The number of fused-ring (bicyclic) bond motifs is 1. The number of ether oxygens (including phenoxy) is 5. The molecule has 1 unspecified atom stereocenters. The van der Waals surface area contributed by atoms with Gasteiger partial charge in [-0.2, -0.15) is 4.89 Å². The van der Waals surface area contributed by atoms with Gasteiger partial charge in [0.25, 0.3) is 0 Å². The minimum Gasteiger partial charge on any atom is -0.508 e. The van der Waals surface area contributed by atoms with Crippen LogP contribution in [-0.4, -0.2) is 177 Å². The maximum atomic E-state index is 11.0. The lowest BCUT2D eigenvalue weighted by molar-refractivity contribution is -0.433. The molecule has 0 spiro atoms. The molecule has 0 radical (unpaired) electrons. The minimum atomic E-state index is -1.95. The zero-order valence-corrected chi connectivity index (χ0v) is 28.6. The maximum Gasteiger partial charge on any atom is 0.232 e. The zero-order valence-electron chi connectivity index (χ0n) is 28.6. The Hall–Kier alpha value is -3.62. The number of aliphatic hydroxyl groups is 11. The van der Waals surface area contributed by atoms with Crippen LogP contribution in [0, 0.1) is 5.92 Å². The second-order valence-electron chi connectivity index (χ2n) is 13.6. The van der Waals surface area contributed by atoms with Crippen molar-refractivity contribution in [3.8, 4) is 28.7 Å². The Morgan fingerprint density at radius 2 is 1.31 bits per heavy atom. The SMILES string of the molecule is OC[C@H]1C[C@@H](Oc2cc(O)cc3c2C=C(OO[C@@H]2O[C@@H](CO)[C@H](O)[C@@H](O)[C@@H]2O[C@H]2O[C@@H](CO)[C@H](O)[C@@H](O)[C@@H]2O)C(c2ccc(O)c(O)c2)O3)[C@H](O)[C@@H](O)[C@@H]1O. The number of phenols is 3. The molecule has 4 aliphatic rings. The Bertz CT molecular complexity index is 1650. The van der Waals surface area contributed by atoms with Crippen LogP contribution in [0.3, 0.4) is 0 Å². The molecule has 2 aromatic carbocycles. The highest BCUT2D eigenvalue weighted by atomic mass is 17.2. The molecule has 16 atom stereocenters. The third-order valence-electron chi connectivity index (χ3n) is 10.00. The van der Waals surface area contributed by atoms with E-state index >= 15 is 0 Å². The molecule has 14 N–H and O–H groups in total. The Kier molecular flexibility index (Phi) is 12.6. The number of rotatable bonds is 11. The molecule has 3 heterocycles. The Morgan fingerprint density at radius 1 is 0.655 bits per heavy atom. The van der Waals surface area contributed by atoms with Crippen molar-refractivity contribution in [1.82, 2.24) is 0 Å². The van der Waals surface area contributed by atoms with Crippen molar-refractivity contribution in [3.05, 3.63) is 47.2 Å². The van der Waals surface area contributed by atoms with Gasteiger partial charge in [-0.15, -0.1) is 0 Å². The van der Waals surface area contributed by atoms with Crippen molar-refractivity contribution in [1.29, 1.82) is 0 Å². The van der Waals surface area contributed by atoms with Gasteiger partial charge < -0.3 is 100 Å². The van der Waals surface area contributed by atoms with Gasteiger partial charge in [-0.05, 0) is 24.6 Å². The van der Waals surface area contributed by atoms with Gasteiger partial charge in [0.2, 0.25) is 6.29 Å². The normalized spacial score (nSPS) is 39.1. The van der Waals surface area contributed by atoms with Crippen molar-refractivity contribution in [2.24, 2.45) is 5.92 Å². The van der Waals surface area contributed by atoms with Gasteiger partial charge in [0.05, 0.1) is 24.9 Å². The number of phenolic OH excluding ortho intramolecular Hbond substituents is 3. The molecule has 21 nitrogen and oxygen atoms in total. The van der Waals surface area contributed by atoms with Crippen molar-refractivity contribution < 1.29 is 105 Å². The maximum absolute atomic E-state index is 11.0. The molecule has 2 saturated heterocycles. The average Bonchev–Trinajstić information content (AvgIpc) is 3.17. The molecule has 0 bridgehead atoms. The van der Waals surface area contributed by atoms with Crippen LogP contribution >= 0.6 is 0 Å². The number of hydrogen-bond acceptors (Lipinski definition) is 21. The van der Waals surface area contributed by atoms with E-state index in [1.54, 1.807) is 0 Å². The highest BCUT2D eigenvalue weighted by molar-refractivity contribution is 5.70. The number of hydrogen-bond donors (Lipinski definition) is 14. The zero-order chi connectivity index (χ0) is 39.9. The van der Waals surface area contributed by atoms with E-state index in [1.165, 1.54) is 18.2 Å². The van der Waals surface area contributed by atoms with Gasteiger partial charge in [-0.1, -0.05) is 6.07 Å². The van der Waals surface area contributed by atoms with E-state index in [4.69, 9.17) is 33.5 Å². The first kappa shape index (κ1) is 41.0. The van der Waals surface area contributed by atoms with Crippen molar-refractivity contribution in [3.63, 3.8) is 0 Å². The molecular weight excluding hydrogens is 744 g/mol. The summed E-state index contributed by atoms with van der Waals surface area (Å²) in [5, 5.41) is 144. The molecular formula is C34H44O21. The van der Waals surface area contributed by atoms with Crippen LogP contribution in [-0.2, 0) is 24.0 Å². The fraction of sp³-hybridized carbons (Fsp3) is 0.588. The summed E-state index contributed by atoms with van der Waals surface area (Å²) in [7, 11) is 0. The van der Waals surface area contributed by atoms with Crippen LogP contribution < -0.4 is 9.47 Å². The van der Waals surface area contributed by atoms with Gasteiger partial charge >= 0.3 is 0 Å². The number of aromatic hydroxyl groups is 3. The predicted octanol–water partition coefficient (Wildman–Crippen LogP) is -4.31. The Labute approximate surface area is 311 Å². The lowest BCUT2D eigenvalue weighted by Crippen LogP contribution is -2.64. The second-order valence-corrected chi connectivity index (χ2v) is 13.6. The van der Waals surface area contributed by atoms with Crippen LogP contribution in [0.2, 0.25) is 0 Å². The smallest absolute Gasteiger partial charge is 0.232 e. The van der Waals surface area contributed by atoms with Gasteiger partial charge in [0.15, 0.2) is 29.7 Å². The lowest BCUT2D eigenvalue weighted by Gasteiger charge is -2.45. The fourth-order valence-corrected chi connectivity index (χ4v) is 6.79. The summed E-state index contributed by atoms with van der Waals surface area (Å²) >= 11 is 0. The largest absolute Gasteiger partial charge is 0.508 e. The van der Waals surface area contributed by atoms with E-state index in [1.807, 2.05) is 0 Å². The third kappa shape index (κ3) is 8.14. The second kappa shape index (κ2) is 16.9. The molecule has 0 aromatic heterocycles. The van der Waals surface area contributed by atoms with E-state index in [2.05, 4.69) is 0 Å². The Balaban J connectivity index is 1.33. The van der Waals surface area contributed by atoms with Gasteiger partial charge in [-0.25, -0.2) is 0 Å². The minimum absolute atomic E-state index is 0.0476. The summed E-state index contributed by atoms with van der Waals surface area (Å²) < 4.78 is 28.8. The monoisotopic (exact) mass is 788 g/mol. The molecule has 3 aliphatic heterocycles. The van der Waals surface area contributed by atoms with Crippen molar-refractivity contribution >= 4 is 6.08 Å². The van der Waals surface area contributed by atoms with Crippen molar-refractivity contribution in [2.75, 3.05) is 19.8 Å². The van der Waals surface area contributed by atoms with E-state index in [0.29, 0.717) is 0 Å². The number of aliphatic hydroxyl groups excluding tert-OH is 11. The molecule has 0 amide bonds. The van der Waals surface area contributed by atoms with Crippen LogP contribution in [0.4, 0.5) is 0 Å². The van der Waals surface area contributed by atoms with E-state index in [0.717, 1.165) is 18.2 Å². The highest BCUT2D eigenvalue weighted by Gasteiger charge is 2.52. The van der Waals surface area contributed by atoms with Crippen LogP contribution in [0.25, 0.3) is 6.08 Å². The number of benzene rings is 2. The molecule has 55 heavy (non-hydrogen) atoms. The molecule has 3 fully saturated rings. The lowest BCUT2D eigenvalue weighted by atomic mass is 9.81. The molecule has 1 aliphatic carbocycles. The van der Waals surface area contributed by atoms with Crippen LogP contribution in [0.1, 0.15) is 23.7 Å². The average molecular weight is 789 g/mol. The molecule has 21 heteroatoms. The summed E-state index contributed by atoms with van der Waals surface area (Å²) in [6, 6.07) is 5.92. The summed E-state index contributed by atoms with van der Waals surface area (Å²) in [4.78, 5) is 11.3. The fourth-order valence-electron chi connectivity index (χ4n) is 6.79. The summed E-state index contributed by atoms with van der Waals surface area (Å²) in [6.45, 7) is -2.21. The highest BCUT2D eigenvalue weighted by Crippen LogP contribution is 2.46. The van der Waals surface area contributed by atoms with Gasteiger partial charge in [0.1, 0.15) is 84.4 Å². The first-order valence-corrected chi connectivity index (χ1v) is 17.2. The molecule has 2 aromatic rings. The van der Waals surface area contributed by atoms with Crippen molar-refractivity contribution in [2.45, 2.75) is 98.4 Å². The first-order chi connectivity index (χ1) is 26.2. The summed E-state index contributed by atoms with van der Waals surface area (Å²) in [5.41, 5.74) is 0.181. The first-order valence-electron chi connectivity index (χ1n) is 17.2.